The van der Waals surface area contributed by atoms with E-state index in [-0.39, 0.29) is 10.7 Å². The predicted octanol–water partition coefficient (Wildman–Crippen LogP) is 2.35. The topological polar surface area (TPSA) is 80.6 Å². The molecule has 24 heavy (non-hydrogen) atoms. The summed E-state index contributed by atoms with van der Waals surface area (Å²) in [4.78, 5) is 24.6. The SMILES string of the molecule is COc1ccc(Sc2ccc(C=C3C(=O)NC(=S)NC3=O)o2)cc1. The highest BCUT2D eigenvalue weighted by atomic mass is 32.2. The Morgan fingerprint density at radius 3 is 2.38 bits per heavy atom. The Kier molecular flexibility index (Phi) is 4.68. The highest BCUT2D eigenvalue weighted by Gasteiger charge is 2.26. The molecule has 2 N–H and O–H groups in total. The standard InChI is InChI=1S/C16H12N2O4S2/c1-21-9-2-5-11(6-3-9)24-13-7-4-10(22-13)8-12-14(19)17-16(23)18-15(12)20/h2-8H,1H3,(H2,17,18,19,20,23). The summed E-state index contributed by atoms with van der Waals surface area (Å²) < 4.78 is 10.7. The molecule has 1 saturated heterocycles. The van der Waals surface area contributed by atoms with Crippen LogP contribution in [0.5, 0.6) is 5.75 Å². The molecule has 0 radical (unpaired) electrons. The molecule has 1 fully saturated rings. The Labute approximate surface area is 147 Å². The Morgan fingerprint density at radius 1 is 1.08 bits per heavy atom. The third kappa shape index (κ3) is 3.66. The molecule has 0 unspecified atom stereocenters. The highest BCUT2D eigenvalue weighted by Crippen LogP contribution is 2.31. The summed E-state index contributed by atoms with van der Waals surface area (Å²) in [5.41, 5.74) is -0.0565. The molecule has 0 aliphatic carbocycles. The van der Waals surface area contributed by atoms with Crippen LogP contribution >= 0.6 is 24.0 Å². The van der Waals surface area contributed by atoms with E-state index in [4.69, 9.17) is 21.4 Å². The van der Waals surface area contributed by atoms with Crippen LogP contribution in [-0.4, -0.2) is 24.0 Å². The van der Waals surface area contributed by atoms with Gasteiger partial charge in [-0.3, -0.25) is 20.2 Å². The third-order valence-electron chi connectivity index (χ3n) is 3.11. The van der Waals surface area contributed by atoms with Crippen LogP contribution in [0.4, 0.5) is 0 Å². The molecule has 2 amide bonds. The van der Waals surface area contributed by atoms with Gasteiger partial charge in [-0.05, 0) is 54.7 Å². The number of furan rings is 1. The van der Waals surface area contributed by atoms with E-state index in [9.17, 15) is 9.59 Å². The van der Waals surface area contributed by atoms with Crippen LogP contribution in [0.1, 0.15) is 5.76 Å². The molecule has 2 heterocycles. The smallest absolute Gasteiger partial charge is 0.263 e. The molecular weight excluding hydrogens is 348 g/mol. The van der Waals surface area contributed by atoms with Gasteiger partial charge < -0.3 is 9.15 Å². The summed E-state index contributed by atoms with van der Waals surface area (Å²) in [5.74, 6) is 0.0737. The minimum absolute atomic E-state index is 0.00246. The normalized spacial score (nSPS) is 14.2. The Morgan fingerprint density at radius 2 is 1.75 bits per heavy atom. The maximum absolute atomic E-state index is 11.8. The molecule has 6 nitrogen and oxygen atoms in total. The second-order valence-electron chi connectivity index (χ2n) is 4.73. The molecule has 1 aromatic carbocycles. The van der Waals surface area contributed by atoms with E-state index in [1.54, 1.807) is 19.2 Å². The first-order valence-electron chi connectivity index (χ1n) is 6.85. The number of methoxy groups -OCH3 is 1. The van der Waals surface area contributed by atoms with Crippen molar-refractivity contribution in [1.82, 2.24) is 10.6 Å². The van der Waals surface area contributed by atoms with E-state index in [1.165, 1.54) is 17.8 Å². The first kappa shape index (κ1) is 16.3. The number of rotatable bonds is 4. The lowest BCUT2D eigenvalue weighted by molar-refractivity contribution is -0.123. The van der Waals surface area contributed by atoms with Crippen molar-refractivity contribution in [3.63, 3.8) is 0 Å². The lowest BCUT2D eigenvalue weighted by atomic mass is 10.1. The number of hydrogen-bond donors (Lipinski definition) is 2. The third-order valence-corrected chi connectivity index (χ3v) is 4.24. The average Bonchev–Trinajstić information content (AvgIpc) is 2.99. The quantitative estimate of drug-likeness (QED) is 0.495. The van der Waals surface area contributed by atoms with Crippen molar-refractivity contribution >= 4 is 47.0 Å². The fraction of sp³-hybridized carbons (Fsp3) is 0.0625. The molecule has 1 aliphatic rings. The van der Waals surface area contributed by atoms with E-state index in [1.807, 2.05) is 24.3 Å². The van der Waals surface area contributed by atoms with E-state index < -0.39 is 11.8 Å². The van der Waals surface area contributed by atoms with Gasteiger partial charge in [-0.25, -0.2) is 0 Å². The monoisotopic (exact) mass is 360 g/mol. The molecule has 122 valence electrons. The van der Waals surface area contributed by atoms with Crippen molar-refractivity contribution in [3.8, 4) is 5.75 Å². The molecular formula is C16H12N2O4S2. The van der Waals surface area contributed by atoms with E-state index in [2.05, 4.69) is 10.6 Å². The Bertz CT molecular complexity index is 818. The van der Waals surface area contributed by atoms with Gasteiger partial charge in [-0.15, -0.1) is 0 Å². The maximum Gasteiger partial charge on any atom is 0.263 e. The van der Waals surface area contributed by atoms with Crippen LogP contribution in [0.3, 0.4) is 0 Å². The first-order valence-corrected chi connectivity index (χ1v) is 8.08. The van der Waals surface area contributed by atoms with Gasteiger partial charge in [0.25, 0.3) is 11.8 Å². The minimum Gasteiger partial charge on any atom is -0.497 e. The lowest BCUT2D eigenvalue weighted by Gasteiger charge is -2.15. The van der Waals surface area contributed by atoms with Crippen molar-refractivity contribution in [2.45, 2.75) is 9.99 Å². The fourth-order valence-electron chi connectivity index (χ4n) is 1.98. The number of carbonyl (C=O) groups is 2. The van der Waals surface area contributed by atoms with Crippen LogP contribution in [0.2, 0.25) is 0 Å². The molecule has 0 bridgehead atoms. The molecule has 3 rings (SSSR count). The molecule has 0 saturated carbocycles. The van der Waals surface area contributed by atoms with Gasteiger partial charge in [-0.2, -0.15) is 0 Å². The summed E-state index contributed by atoms with van der Waals surface area (Å²) in [6, 6.07) is 11.0. The number of ether oxygens (including phenoxy) is 1. The van der Waals surface area contributed by atoms with Crippen molar-refractivity contribution in [2.24, 2.45) is 0 Å². The zero-order valence-corrected chi connectivity index (χ0v) is 14.1. The minimum atomic E-state index is -0.551. The van der Waals surface area contributed by atoms with E-state index in [0.717, 1.165) is 10.6 Å². The van der Waals surface area contributed by atoms with Crippen LogP contribution in [0, 0.1) is 0 Å². The van der Waals surface area contributed by atoms with Gasteiger partial charge in [0.05, 0.1) is 7.11 Å². The van der Waals surface area contributed by atoms with Crippen LogP contribution < -0.4 is 15.4 Å². The van der Waals surface area contributed by atoms with Crippen LogP contribution in [0.25, 0.3) is 6.08 Å². The van der Waals surface area contributed by atoms with Gasteiger partial charge in [-0.1, -0.05) is 11.8 Å². The zero-order chi connectivity index (χ0) is 17.1. The van der Waals surface area contributed by atoms with Crippen LogP contribution in [0.15, 0.2) is 56.4 Å². The zero-order valence-electron chi connectivity index (χ0n) is 12.5. The number of thiocarbonyl (C=S) groups is 1. The molecule has 8 heteroatoms. The molecule has 1 aliphatic heterocycles. The molecule has 1 aromatic heterocycles. The summed E-state index contributed by atoms with van der Waals surface area (Å²) in [7, 11) is 1.61. The van der Waals surface area contributed by atoms with Crippen molar-refractivity contribution in [3.05, 3.63) is 47.7 Å². The predicted molar refractivity (Wildman–Crippen MR) is 92.7 cm³/mol. The Hall–Kier alpha value is -2.58. The van der Waals surface area contributed by atoms with Gasteiger partial charge in [0.2, 0.25) is 0 Å². The van der Waals surface area contributed by atoms with Crippen molar-refractivity contribution < 1.29 is 18.7 Å². The number of carbonyl (C=O) groups excluding carboxylic acids is 2. The number of nitrogens with one attached hydrogen (secondary N) is 2. The second-order valence-corrected chi connectivity index (χ2v) is 6.22. The summed E-state index contributed by atoms with van der Waals surface area (Å²) >= 11 is 6.16. The van der Waals surface area contributed by atoms with Gasteiger partial charge in [0.15, 0.2) is 10.2 Å². The van der Waals surface area contributed by atoms with E-state index in [0.29, 0.717) is 10.9 Å². The largest absolute Gasteiger partial charge is 0.497 e. The van der Waals surface area contributed by atoms with Crippen molar-refractivity contribution in [1.29, 1.82) is 0 Å². The van der Waals surface area contributed by atoms with Gasteiger partial charge in [0, 0.05) is 4.90 Å². The second kappa shape index (κ2) is 6.90. The summed E-state index contributed by atoms with van der Waals surface area (Å²) in [6.45, 7) is 0. The highest BCUT2D eigenvalue weighted by molar-refractivity contribution is 7.99. The molecule has 0 atom stereocenters. The Balaban J connectivity index is 1.75. The van der Waals surface area contributed by atoms with E-state index >= 15 is 0 Å². The number of amides is 2. The fourth-order valence-corrected chi connectivity index (χ4v) is 2.94. The number of benzene rings is 1. The molecule has 0 spiro atoms. The maximum atomic E-state index is 11.8. The average molecular weight is 360 g/mol. The van der Waals surface area contributed by atoms with Crippen LogP contribution in [-0.2, 0) is 9.59 Å². The summed E-state index contributed by atoms with van der Waals surface area (Å²) in [6.07, 6.45) is 1.38. The van der Waals surface area contributed by atoms with Crippen molar-refractivity contribution in [2.75, 3.05) is 7.11 Å². The first-order chi connectivity index (χ1) is 11.5. The van der Waals surface area contributed by atoms with Gasteiger partial charge in [0.1, 0.15) is 17.1 Å². The van der Waals surface area contributed by atoms with Gasteiger partial charge >= 0.3 is 0 Å². The number of hydrogen-bond acceptors (Lipinski definition) is 6. The summed E-state index contributed by atoms with van der Waals surface area (Å²) in [5, 5.41) is 5.38. The lowest BCUT2D eigenvalue weighted by Crippen LogP contribution is -2.51. The molecule has 2 aromatic rings.